The maximum absolute atomic E-state index is 2.56. The van der Waals surface area contributed by atoms with Gasteiger partial charge in [-0.1, -0.05) is 96.1 Å². The van der Waals surface area contributed by atoms with Gasteiger partial charge in [-0.05, 0) is 71.0 Å². The van der Waals surface area contributed by atoms with Crippen molar-refractivity contribution in [3.8, 4) is 0 Å². The molecule has 146 valence electrons. The molecule has 2 aliphatic rings. The van der Waals surface area contributed by atoms with Gasteiger partial charge >= 0.3 is 0 Å². The Morgan fingerprint density at radius 1 is 0.852 bits per heavy atom. The average Bonchev–Trinajstić information content (AvgIpc) is 2.69. The van der Waals surface area contributed by atoms with Crippen molar-refractivity contribution in [2.45, 2.75) is 78.6 Å². The summed E-state index contributed by atoms with van der Waals surface area (Å²) in [5.41, 5.74) is 5.48. The van der Waals surface area contributed by atoms with Gasteiger partial charge < -0.3 is 0 Å². The molecule has 0 heterocycles. The van der Waals surface area contributed by atoms with E-state index in [4.69, 9.17) is 0 Å². The van der Waals surface area contributed by atoms with E-state index in [1.807, 2.05) is 13.8 Å². The third-order valence-corrected chi connectivity index (χ3v) is 7.86. The number of fused-ring (bicyclic) bond motifs is 3. The Balaban J connectivity index is 0.00000102. The van der Waals surface area contributed by atoms with Crippen LogP contribution in [0.5, 0.6) is 0 Å². The number of hydrogen-bond donors (Lipinski definition) is 0. The molecule has 0 aliphatic heterocycles. The number of hydrogen-bond acceptors (Lipinski definition) is 0. The van der Waals surface area contributed by atoms with Crippen LogP contribution in [0.2, 0.25) is 0 Å². The first-order valence-electron chi connectivity index (χ1n) is 11.1. The molecule has 4 atom stereocenters. The predicted molar refractivity (Wildman–Crippen MR) is 118 cm³/mol. The Bertz CT molecular complexity index is 742. The lowest BCUT2D eigenvalue weighted by Gasteiger charge is -2.59. The summed E-state index contributed by atoms with van der Waals surface area (Å²) >= 11 is 0. The second-order valence-corrected chi connectivity index (χ2v) is 9.33. The molecule has 0 bridgehead atoms. The van der Waals surface area contributed by atoms with E-state index in [0.717, 1.165) is 11.8 Å². The third kappa shape index (κ3) is 3.37. The SMILES string of the molecule is CC.C[C@H](c1ccccc1)[C@H]1CC[C@]2(C)c3ccccc3CC[C@H]2C1(C)C. The molecule has 4 rings (SSSR count). The van der Waals surface area contributed by atoms with Crippen LogP contribution in [0.15, 0.2) is 54.6 Å². The minimum absolute atomic E-state index is 0.352. The highest BCUT2D eigenvalue weighted by Crippen LogP contribution is 2.61. The van der Waals surface area contributed by atoms with Gasteiger partial charge in [-0.2, -0.15) is 0 Å². The highest BCUT2D eigenvalue weighted by Gasteiger charge is 2.54. The van der Waals surface area contributed by atoms with Crippen LogP contribution in [0.1, 0.15) is 83.4 Å². The van der Waals surface area contributed by atoms with Gasteiger partial charge in [0.1, 0.15) is 0 Å². The Morgan fingerprint density at radius 2 is 1.48 bits per heavy atom. The van der Waals surface area contributed by atoms with Crippen molar-refractivity contribution in [1.29, 1.82) is 0 Å². The van der Waals surface area contributed by atoms with Crippen LogP contribution < -0.4 is 0 Å². The van der Waals surface area contributed by atoms with Crippen molar-refractivity contribution in [3.05, 3.63) is 71.3 Å². The molecule has 0 nitrogen and oxygen atoms in total. The summed E-state index contributed by atoms with van der Waals surface area (Å²) in [5.74, 6) is 2.18. The van der Waals surface area contributed by atoms with Crippen LogP contribution in [0, 0.1) is 17.3 Å². The molecule has 2 aromatic rings. The van der Waals surface area contributed by atoms with E-state index in [0.29, 0.717) is 16.7 Å². The summed E-state index contributed by atoms with van der Waals surface area (Å²) in [5, 5.41) is 0. The first-order valence-corrected chi connectivity index (χ1v) is 11.1. The molecule has 1 saturated carbocycles. The van der Waals surface area contributed by atoms with E-state index in [-0.39, 0.29) is 0 Å². The fourth-order valence-corrected chi connectivity index (χ4v) is 6.57. The van der Waals surface area contributed by atoms with Gasteiger partial charge in [0.25, 0.3) is 0 Å². The number of benzene rings is 2. The summed E-state index contributed by atoms with van der Waals surface area (Å²) in [6.45, 7) is 14.1. The van der Waals surface area contributed by atoms with Gasteiger partial charge in [0.2, 0.25) is 0 Å². The highest BCUT2D eigenvalue weighted by atomic mass is 14.6. The zero-order valence-electron chi connectivity index (χ0n) is 18.3. The number of rotatable bonds is 2. The molecule has 0 spiro atoms. The lowest BCUT2D eigenvalue weighted by atomic mass is 9.46. The van der Waals surface area contributed by atoms with Crippen molar-refractivity contribution < 1.29 is 0 Å². The largest absolute Gasteiger partial charge is 0.0683 e. The van der Waals surface area contributed by atoms with Crippen LogP contribution in [0.4, 0.5) is 0 Å². The molecule has 0 amide bonds. The maximum Gasteiger partial charge on any atom is -0.00389 e. The second-order valence-electron chi connectivity index (χ2n) is 9.33. The van der Waals surface area contributed by atoms with Gasteiger partial charge in [0, 0.05) is 0 Å². The van der Waals surface area contributed by atoms with E-state index < -0.39 is 0 Å². The van der Waals surface area contributed by atoms with E-state index in [1.54, 1.807) is 11.1 Å². The molecule has 0 aromatic heterocycles. The molecule has 1 fully saturated rings. The van der Waals surface area contributed by atoms with Crippen LogP contribution in [-0.2, 0) is 11.8 Å². The smallest absolute Gasteiger partial charge is 0.00389 e. The summed E-state index contributed by atoms with van der Waals surface area (Å²) in [7, 11) is 0. The van der Waals surface area contributed by atoms with Gasteiger partial charge in [-0.25, -0.2) is 0 Å². The van der Waals surface area contributed by atoms with Crippen LogP contribution in [0.25, 0.3) is 0 Å². The second kappa shape index (κ2) is 7.82. The summed E-state index contributed by atoms with van der Waals surface area (Å²) in [6, 6.07) is 20.4. The lowest BCUT2D eigenvalue weighted by molar-refractivity contribution is -0.0236. The van der Waals surface area contributed by atoms with Crippen LogP contribution in [-0.4, -0.2) is 0 Å². The van der Waals surface area contributed by atoms with Crippen molar-refractivity contribution in [2.75, 3.05) is 0 Å². The van der Waals surface area contributed by atoms with Crippen molar-refractivity contribution in [2.24, 2.45) is 17.3 Å². The zero-order valence-corrected chi connectivity index (χ0v) is 18.3. The summed E-state index contributed by atoms with van der Waals surface area (Å²) in [6.07, 6.45) is 5.27. The fourth-order valence-electron chi connectivity index (χ4n) is 6.57. The maximum atomic E-state index is 2.56. The first kappa shape index (κ1) is 20.2. The van der Waals surface area contributed by atoms with Gasteiger partial charge in [0.15, 0.2) is 0 Å². The minimum atomic E-state index is 0.352. The van der Waals surface area contributed by atoms with Crippen molar-refractivity contribution in [3.63, 3.8) is 0 Å². The number of aryl methyl sites for hydroxylation is 1. The molecule has 0 saturated heterocycles. The standard InChI is InChI=1S/C25H32.C2H6/c1-18(19-10-6-5-7-11-19)21-16-17-25(4)22-13-9-8-12-20(22)14-15-23(25)24(21,2)3;1-2/h5-13,18,21,23H,14-17H2,1-4H3;1-2H3/t18-,21-,23+,25-;/m1./s1. The van der Waals surface area contributed by atoms with Gasteiger partial charge in [0.05, 0.1) is 0 Å². The molecule has 0 heteroatoms. The molecule has 2 aliphatic carbocycles. The molecule has 0 N–H and O–H groups in total. The lowest BCUT2D eigenvalue weighted by Crippen LogP contribution is -2.52. The normalized spacial score (nSPS) is 29.6. The van der Waals surface area contributed by atoms with E-state index in [9.17, 15) is 0 Å². The summed E-state index contributed by atoms with van der Waals surface area (Å²) < 4.78 is 0. The van der Waals surface area contributed by atoms with Gasteiger partial charge in [-0.3, -0.25) is 0 Å². The third-order valence-electron chi connectivity index (χ3n) is 7.86. The van der Waals surface area contributed by atoms with E-state index >= 15 is 0 Å². The monoisotopic (exact) mass is 362 g/mol. The molecule has 0 unspecified atom stereocenters. The molecule has 0 radical (unpaired) electrons. The van der Waals surface area contributed by atoms with Gasteiger partial charge in [-0.15, -0.1) is 0 Å². The quantitative estimate of drug-likeness (QED) is 0.512. The first-order chi connectivity index (χ1) is 12.9. The molecular formula is C27H38. The van der Waals surface area contributed by atoms with Crippen molar-refractivity contribution in [1.82, 2.24) is 0 Å². The Labute approximate surface area is 167 Å². The molecular weight excluding hydrogens is 324 g/mol. The van der Waals surface area contributed by atoms with Crippen LogP contribution >= 0.6 is 0 Å². The average molecular weight is 363 g/mol. The Kier molecular flexibility index (Phi) is 5.84. The highest BCUT2D eigenvalue weighted by molar-refractivity contribution is 5.39. The van der Waals surface area contributed by atoms with E-state index in [2.05, 4.69) is 82.3 Å². The van der Waals surface area contributed by atoms with Crippen molar-refractivity contribution >= 4 is 0 Å². The fraction of sp³-hybridized carbons (Fsp3) is 0.556. The zero-order chi connectivity index (χ0) is 19.7. The van der Waals surface area contributed by atoms with E-state index in [1.165, 1.54) is 31.2 Å². The Hall–Kier alpha value is -1.56. The van der Waals surface area contributed by atoms with Crippen LogP contribution in [0.3, 0.4) is 0 Å². The Morgan fingerprint density at radius 3 is 2.19 bits per heavy atom. The summed E-state index contributed by atoms with van der Waals surface area (Å²) in [4.78, 5) is 0. The minimum Gasteiger partial charge on any atom is -0.0683 e. The predicted octanol–water partition coefficient (Wildman–Crippen LogP) is 7.77. The topological polar surface area (TPSA) is 0 Å². The molecule has 27 heavy (non-hydrogen) atoms. The molecule has 2 aromatic carbocycles.